The maximum Gasteiger partial charge on any atom is 0.306 e. The summed E-state index contributed by atoms with van der Waals surface area (Å²) in [5.41, 5.74) is -4.69. The molecule has 0 spiro atoms. The summed E-state index contributed by atoms with van der Waals surface area (Å²) in [6.07, 6.45) is 30.5. The van der Waals surface area contributed by atoms with Crippen molar-refractivity contribution in [2.45, 2.75) is 393 Å². The van der Waals surface area contributed by atoms with Crippen molar-refractivity contribution in [3.63, 3.8) is 0 Å². The number of nitrogens with zero attached hydrogens (tertiary/aromatic N) is 3. The van der Waals surface area contributed by atoms with Crippen molar-refractivity contribution in [3.8, 4) is 0 Å². The first-order valence-corrected chi connectivity index (χ1v) is 32.8. The number of carbonyl (C=O) groups excluding carboxylic acids is 3. The monoisotopic (exact) mass is 1170 g/mol. The molecule has 0 unspecified atom stereocenters. The highest BCUT2D eigenvalue weighted by Gasteiger charge is 2.51. The average molecular weight is 1170 g/mol. The fourth-order valence-corrected chi connectivity index (χ4v) is 13.1. The van der Waals surface area contributed by atoms with E-state index in [1.807, 2.05) is 15.2 Å². The van der Waals surface area contributed by atoms with Gasteiger partial charge in [-0.05, 0) is 144 Å². The fraction of sp³-hybridized carbons (Fsp3) is 0.955. The number of carbonyl (C=O) groups is 3. The lowest BCUT2D eigenvalue weighted by atomic mass is 9.80. The average Bonchev–Trinajstić information content (AvgIpc) is 3.49. The molecule has 82 heavy (non-hydrogen) atoms. The minimum Gasteiger partial charge on any atom is -0.462 e. The van der Waals surface area contributed by atoms with Crippen molar-refractivity contribution < 1.29 is 58.4 Å². The van der Waals surface area contributed by atoms with Gasteiger partial charge < -0.3 is 29.5 Å². The quantitative estimate of drug-likeness (QED) is 0.0304. The van der Waals surface area contributed by atoms with E-state index < -0.39 is 16.8 Å². The number of rotatable bonds is 37. The molecule has 0 aromatic heterocycles. The van der Waals surface area contributed by atoms with Gasteiger partial charge >= 0.3 is 17.9 Å². The zero-order chi connectivity index (χ0) is 62.3. The molecule has 0 atom stereocenters. The molecule has 3 saturated heterocycles. The second kappa shape index (κ2) is 34.6. The summed E-state index contributed by atoms with van der Waals surface area (Å²) in [4.78, 5) is 55.9. The molecule has 3 rings (SSSR count). The molecule has 3 heterocycles. The Morgan fingerprint density at radius 3 is 0.683 bits per heavy atom. The predicted molar refractivity (Wildman–Crippen MR) is 331 cm³/mol. The smallest absolute Gasteiger partial charge is 0.306 e. The standard InChI is InChI=1S/C36H68N2O8.C31H61NO4/c1-31(2)21-27(22-32(3,4)37(31)43-25-35(9,10)41)45-29(39)19-17-15-13-14-16-18-20-30(40)46-28-23-33(5,6)38(34(7,8)24-28)44-26-36(11,12)42;1-8-9-10-11-12-13-14-15-16-17-18-19-20-21-22-23-28(33)36-27-24-29(2,3)32(30(4,5)25-27)35-26-31(6,7)34/h27-28,41-42H,13-26H2,1-12H3;27,34H,8-26H2,1-7H3. The Hall–Kier alpha value is -1.95. The summed E-state index contributed by atoms with van der Waals surface area (Å²) in [5.74, 6) is -0.357. The minimum absolute atomic E-state index is 0.0628. The van der Waals surface area contributed by atoms with Gasteiger partial charge in [-0.2, -0.15) is 15.2 Å². The lowest BCUT2D eigenvalue weighted by Crippen LogP contribution is -2.62. The number of esters is 3. The van der Waals surface area contributed by atoms with Crippen molar-refractivity contribution in [3.05, 3.63) is 0 Å². The molecule has 0 aromatic carbocycles. The van der Waals surface area contributed by atoms with E-state index in [1.165, 1.54) is 83.5 Å². The second-order valence-corrected chi connectivity index (χ2v) is 30.9. The van der Waals surface area contributed by atoms with E-state index in [1.54, 1.807) is 41.5 Å². The van der Waals surface area contributed by atoms with Gasteiger partial charge in [0.1, 0.15) is 18.3 Å². The zero-order valence-electron chi connectivity index (χ0n) is 56.4. The SMILES string of the molecule is CC(C)(O)CON1C(C)(C)CC(OC(=O)CCCCCCCCC(=O)OC2CC(C)(C)N(OCC(C)(C)O)C(C)(C)C2)CC1(C)C.CCCCCCCCCCCCCCCCCC(=O)OC1CC(C)(C)N(OCC(C)(C)O)C(C)(C)C1. The third-order valence-electron chi connectivity index (χ3n) is 16.2. The molecule has 0 aromatic rings. The van der Waals surface area contributed by atoms with Crippen molar-refractivity contribution in [2.24, 2.45) is 0 Å². The number of unbranched alkanes of at least 4 members (excludes halogenated alkanes) is 19. The highest BCUT2D eigenvalue weighted by Crippen LogP contribution is 2.43. The normalized spacial score (nSPS) is 20.7. The molecule has 3 fully saturated rings. The molecule has 3 aliphatic heterocycles. The molecule has 3 N–H and O–H groups in total. The predicted octanol–water partition coefficient (Wildman–Crippen LogP) is 15.2. The van der Waals surface area contributed by atoms with Crippen LogP contribution in [-0.2, 0) is 43.1 Å². The summed E-state index contributed by atoms with van der Waals surface area (Å²) in [6.45, 7) is 38.5. The van der Waals surface area contributed by atoms with Crippen LogP contribution in [-0.4, -0.2) is 137 Å². The number of hydrogen-bond donors (Lipinski definition) is 3. The first-order valence-electron chi connectivity index (χ1n) is 32.8. The van der Waals surface area contributed by atoms with Crippen molar-refractivity contribution >= 4 is 17.9 Å². The molecule has 15 heteroatoms. The van der Waals surface area contributed by atoms with Crippen LogP contribution in [0.3, 0.4) is 0 Å². The number of piperidine rings is 3. The van der Waals surface area contributed by atoms with Crippen LogP contribution in [0.2, 0.25) is 0 Å². The highest BCUT2D eigenvalue weighted by molar-refractivity contribution is 5.70. The lowest BCUT2D eigenvalue weighted by molar-refractivity contribution is -0.307. The number of ether oxygens (including phenoxy) is 3. The van der Waals surface area contributed by atoms with Crippen LogP contribution in [0.15, 0.2) is 0 Å². The van der Waals surface area contributed by atoms with Crippen molar-refractivity contribution in [2.75, 3.05) is 19.8 Å². The van der Waals surface area contributed by atoms with Gasteiger partial charge in [0.05, 0.1) is 36.6 Å². The number of hydroxylamine groups is 6. The second-order valence-electron chi connectivity index (χ2n) is 30.9. The van der Waals surface area contributed by atoms with Gasteiger partial charge in [-0.1, -0.05) is 122 Å². The van der Waals surface area contributed by atoms with E-state index in [0.29, 0.717) is 44.9 Å². The summed E-state index contributed by atoms with van der Waals surface area (Å²) >= 11 is 0. The zero-order valence-corrected chi connectivity index (χ0v) is 56.4. The van der Waals surface area contributed by atoms with Crippen LogP contribution in [0.25, 0.3) is 0 Å². The third kappa shape index (κ3) is 31.1. The van der Waals surface area contributed by atoms with Crippen LogP contribution >= 0.6 is 0 Å². The Labute approximate surface area is 502 Å². The van der Waals surface area contributed by atoms with Gasteiger partial charge in [-0.15, -0.1) is 0 Å². The molecule has 0 saturated carbocycles. The van der Waals surface area contributed by atoms with Gasteiger partial charge in [-0.3, -0.25) is 28.9 Å². The summed E-state index contributed by atoms with van der Waals surface area (Å²) in [7, 11) is 0. The fourth-order valence-electron chi connectivity index (χ4n) is 13.1. The molecule has 0 amide bonds. The number of aliphatic hydroxyl groups is 3. The van der Waals surface area contributed by atoms with Crippen molar-refractivity contribution in [1.82, 2.24) is 15.2 Å². The van der Waals surface area contributed by atoms with Gasteiger partial charge in [0.25, 0.3) is 0 Å². The lowest BCUT2D eigenvalue weighted by Gasteiger charge is -2.53. The van der Waals surface area contributed by atoms with Crippen LogP contribution in [0.5, 0.6) is 0 Å². The van der Waals surface area contributed by atoms with E-state index >= 15 is 0 Å². The maximum atomic E-state index is 12.6. The Morgan fingerprint density at radius 1 is 0.341 bits per heavy atom. The Morgan fingerprint density at radius 2 is 0.512 bits per heavy atom. The van der Waals surface area contributed by atoms with Gasteiger partial charge in [0.15, 0.2) is 0 Å². The molecule has 0 radical (unpaired) electrons. The maximum absolute atomic E-state index is 12.6. The first-order chi connectivity index (χ1) is 37.7. The van der Waals surface area contributed by atoms with Gasteiger partial charge in [0, 0.05) is 91.0 Å². The highest BCUT2D eigenvalue weighted by atomic mass is 16.7. The van der Waals surface area contributed by atoms with E-state index in [9.17, 15) is 29.7 Å². The van der Waals surface area contributed by atoms with E-state index in [4.69, 9.17) is 28.7 Å². The summed E-state index contributed by atoms with van der Waals surface area (Å²) in [5, 5.41) is 36.2. The molecular weight excluding hydrogens is 1040 g/mol. The third-order valence-corrected chi connectivity index (χ3v) is 16.2. The topological polar surface area (TPSA) is 177 Å². The molecular formula is C67H129N3O12. The molecule has 0 aliphatic carbocycles. The van der Waals surface area contributed by atoms with Crippen LogP contribution in [0, 0.1) is 0 Å². The van der Waals surface area contributed by atoms with Crippen molar-refractivity contribution in [1.29, 1.82) is 0 Å². The molecule has 0 bridgehead atoms. The van der Waals surface area contributed by atoms with E-state index in [0.717, 1.165) is 64.2 Å². The largest absolute Gasteiger partial charge is 0.462 e. The number of hydrogen-bond acceptors (Lipinski definition) is 15. The Bertz CT molecular complexity index is 1680. The van der Waals surface area contributed by atoms with E-state index in [-0.39, 0.29) is 89.3 Å². The van der Waals surface area contributed by atoms with E-state index in [2.05, 4.69) is 90.0 Å². The molecule has 484 valence electrons. The summed E-state index contributed by atoms with van der Waals surface area (Å²) in [6, 6.07) is 0. The van der Waals surface area contributed by atoms with Crippen LogP contribution < -0.4 is 0 Å². The molecule has 3 aliphatic rings. The minimum atomic E-state index is -0.925. The van der Waals surface area contributed by atoms with Crippen LogP contribution in [0.1, 0.15) is 324 Å². The molecule has 15 nitrogen and oxygen atoms in total. The van der Waals surface area contributed by atoms with Gasteiger partial charge in [-0.25, -0.2) is 0 Å². The Balaban J connectivity index is 0.000000578. The summed E-state index contributed by atoms with van der Waals surface area (Å²) < 4.78 is 17.7. The Kier molecular flexibility index (Phi) is 32.1. The van der Waals surface area contributed by atoms with Gasteiger partial charge in [0.2, 0.25) is 0 Å². The first kappa shape index (κ1) is 76.1. The van der Waals surface area contributed by atoms with Crippen LogP contribution in [0.4, 0.5) is 0 Å².